The number of Topliss-reactive ketones (excluding diaryl/α,β-unsaturated/α-hetero) is 1. The average Bonchev–Trinajstić information content (AvgIpc) is 3.32. The van der Waals surface area contributed by atoms with Gasteiger partial charge in [-0.3, -0.25) is 9.78 Å². The van der Waals surface area contributed by atoms with Crippen LogP contribution in [0, 0.1) is 0 Å². The third-order valence-electron chi connectivity index (χ3n) is 4.81. The Kier molecular flexibility index (Phi) is 3.27. The first-order chi connectivity index (χ1) is 12.3. The Morgan fingerprint density at radius 3 is 3.00 bits per heavy atom. The van der Waals surface area contributed by atoms with E-state index in [1.807, 2.05) is 18.2 Å². The summed E-state index contributed by atoms with van der Waals surface area (Å²) in [4.78, 5) is 22.9. The smallest absolute Gasteiger partial charge is 0.226 e. The highest BCUT2D eigenvalue weighted by atomic mass is 32.1. The van der Waals surface area contributed by atoms with Gasteiger partial charge in [-0.1, -0.05) is 12.1 Å². The fraction of sp³-hybridized carbons (Fsp3) is 0.222. The lowest BCUT2D eigenvalue weighted by Gasteiger charge is -2.34. The van der Waals surface area contributed by atoms with Crippen LogP contribution >= 0.6 is 11.3 Å². The zero-order valence-electron chi connectivity index (χ0n) is 13.3. The first-order valence-corrected chi connectivity index (χ1v) is 9.05. The van der Waals surface area contributed by atoms with Gasteiger partial charge in [0, 0.05) is 40.9 Å². The van der Waals surface area contributed by atoms with Crippen LogP contribution in [0.2, 0.25) is 0 Å². The summed E-state index contributed by atoms with van der Waals surface area (Å²) < 4.78 is 1.78. The fourth-order valence-corrected chi connectivity index (χ4v) is 4.55. The highest BCUT2D eigenvalue weighted by Gasteiger charge is 2.39. The van der Waals surface area contributed by atoms with Gasteiger partial charge in [-0.15, -0.1) is 11.3 Å². The molecule has 0 fully saturated rings. The number of hydrogen-bond acceptors (Lipinski definition) is 6. The monoisotopic (exact) mass is 349 g/mol. The van der Waals surface area contributed by atoms with Crippen molar-refractivity contribution < 1.29 is 4.79 Å². The van der Waals surface area contributed by atoms with E-state index < -0.39 is 0 Å². The minimum Gasteiger partial charge on any atom is -0.328 e. The first kappa shape index (κ1) is 14.5. The second-order valence-electron chi connectivity index (χ2n) is 6.28. The summed E-state index contributed by atoms with van der Waals surface area (Å²) in [5.41, 5.74) is 2.70. The number of rotatable bonds is 2. The molecule has 2 atom stereocenters. The van der Waals surface area contributed by atoms with Crippen molar-refractivity contribution in [3.05, 3.63) is 70.1 Å². The molecule has 0 saturated carbocycles. The maximum Gasteiger partial charge on any atom is 0.226 e. The number of nitrogens with one attached hydrogen (secondary N) is 1. The summed E-state index contributed by atoms with van der Waals surface area (Å²) in [5, 5.41) is 9.74. The Hall–Kier alpha value is -2.80. The Morgan fingerprint density at radius 2 is 2.20 bits per heavy atom. The summed E-state index contributed by atoms with van der Waals surface area (Å²) in [6, 6.07) is 7.75. The first-order valence-electron chi connectivity index (χ1n) is 8.17. The van der Waals surface area contributed by atoms with E-state index in [1.54, 1.807) is 28.4 Å². The number of carbonyl (C=O) groups excluding carboxylic acids is 1. The molecule has 0 spiro atoms. The predicted octanol–water partition coefficient (Wildman–Crippen LogP) is 3.15. The van der Waals surface area contributed by atoms with Crippen LogP contribution in [0.15, 0.2) is 59.6 Å². The van der Waals surface area contributed by atoms with E-state index in [2.05, 4.69) is 31.8 Å². The van der Waals surface area contributed by atoms with Crippen molar-refractivity contribution in [1.82, 2.24) is 19.7 Å². The molecule has 4 heterocycles. The van der Waals surface area contributed by atoms with Crippen LogP contribution in [0.5, 0.6) is 0 Å². The molecule has 1 aliphatic carbocycles. The van der Waals surface area contributed by atoms with Crippen molar-refractivity contribution in [3.63, 3.8) is 0 Å². The van der Waals surface area contributed by atoms with E-state index in [9.17, 15) is 4.79 Å². The van der Waals surface area contributed by atoms with Crippen LogP contribution in [-0.4, -0.2) is 25.5 Å². The number of thiophene rings is 1. The molecule has 1 aliphatic heterocycles. The lowest BCUT2D eigenvalue weighted by atomic mass is 9.80. The van der Waals surface area contributed by atoms with Crippen molar-refractivity contribution in [1.29, 1.82) is 0 Å². The number of fused-ring (bicyclic) bond motifs is 1. The molecule has 6 nitrogen and oxygen atoms in total. The SMILES string of the molecule is O=C1C[C@H](c2cccs2)CC2=C1[C@@H](c1cccnc1)n1ncnc1N2. The fourth-order valence-electron chi connectivity index (χ4n) is 3.72. The number of carbonyl (C=O) groups is 1. The minimum absolute atomic E-state index is 0.169. The molecule has 25 heavy (non-hydrogen) atoms. The molecule has 3 aromatic rings. The normalized spacial score (nSPS) is 22.3. The summed E-state index contributed by atoms with van der Waals surface area (Å²) in [6.07, 6.45) is 6.39. The van der Waals surface area contributed by atoms with Gasteiger partial charge in [0.05, 0.1) is 0 Å². The van der Waals surface area contributed by atoms with Gasteiger partial charge in [-0.25, -0.2) is 4.68 Å². The lowest BCUT2D eigenvalue weighted by molar-refractivity contribution is -0.116. The van der Waals surface area contributed by atoms with E-state index in [4.69, 9.17) is 0 Å². The van der Waals surface area contributed by atoms with Crippen LogP contribution in [0.4, 0.5) is 5.95 Å². The maximum absolute atomic E-state index is 13.1. The van der Waals surface area contributed by atoms with Gasteiger partial charge in [0.2, 0.25) is 5.95 Å². The molecule has 1 N–H and O–H groups in total. The Morgan fingerprint density at radius 1 is 1.24 bits per heavy atom. The van der Waals surface area contributed by atoms with E-state index in [0.717, 1.165) is 23.3 Å². The molecular weight excluding hydrogens is 334 g/mol. The Bertz CT molecular complexity index is 961. The Balaban J connectivity index is 1.63. The number of allylic oxidation sites excluding steroid dienone is 2. The van der Waals surface area contributed by atoms with E-state index in [-0.39, 0.29) is 17.7 Å². The predicted molar refractivity (Wildman–Crippen MR) is 94.3 cm³/mol. The minimum atomic E-state index is -0.265. The molecular formula is C18H15N5OS. The second-order valence-corrected chi connectivity index (χ2v) is 7.26. The Labute approximate surface area is 148 Å². The van der Waals surface area contributed by atoms with Crippen LogP contribution in [0.3, 0.4) is 0 Å². The molecule has 5 rings (SSSR count). The molecule has 0 aromatic carbocycles. The molecule has 0 bridgehead atoms. The molecule has 0 radical (unpaired) electrons. The van der Waals surface area contributed by atoms with Crippen molar-refractivity contribution >= 4 is 23.1 Å². The molecule has 0 unspecified atom stereocenters. The van der Waals surface area contributed by atoms with Gasteiger partial charge in [-0.05, 0) is 29.5 Å². The third-order valence-corrected chi connectivity index (χ3v) is 5.84. The topological polar surface area (TPSA) is 72.7 Å². The van der Waals surface area contributed by atoms with E-state index in [0.29, 0.717) is 12.4 Å². The number of pyridine rings is 1. The van der Waals surface area contributed by atoms with E-state index in [1.165, 1.54) is 11.2 Å². The van der Waals surface area contributed by atoms with E-state index >= 15 is 0 Å². The zero-order chi connectivity index (χ0) is 16.8. The largest absolute Gasteiger partial charge is 0.328 e. The van der Waals surface area contributed by atoms with Gasteiger partial charge < -0.3 is 5.32 Å². The van der Waals surface area contributed by atoms with Gasteiger partial charge >= 0.3 is 0 Å². The number of aromatic nitrogens is 4. The van der Waals surface area contributed by atoms with Crippen molar-refractivity contribution in [2.24, 2.45) is 0 Å². The molecule has 0 amide bonds. The number of ketones is 1. The van der Waals surface area contributed by atoms with Crippen LogP contribution in [-0.2, 0) is 4.79 Å². The molecule has 2 aliphatic rings. The van der Waals surface area contributed by atoms with Crippen molar-refractivity contribution in [2.45, 2.75) is 24.8 Å². The number of nitrogens with zero attached hydrogens (tertiary/aromatic N) is 4. The maximum atomic E-state index is 13.1. The summed E-state index contributed by atoms with van der Waals surface area (Å²) in [6.45, 7) is 0. The molecule has 124 valence electrons. The molecule has 0 saturated heterocycles. The summed E-state index contributed by atoms with van der Waals surface area (Å²) in [5.74, 6) is 1.07. The highest BCUT2D eigenvalue weighted by molar-refractivity contribution is 7.10. The summed E-state index contributed by atoms with van der Waals surface area (Å²) >= 11 is 1.71. The van der Waals surface area contributed by atoms with Crippen molar-refractivity contribution in [2.75, 3.05) is 5.32 Å². The van der Waals surface area contributed by atoms with Crippen LogP contribution in [0.25, 0.3) is 0 Å². The third kappa shape index (κ3) is 2.31. The molecule has 7 heteroatoms. The second kappa shape index (κ2) is 5.63. The van der Waals surface area contributed by atoms with Gasteiger partial charge in [-0.2, -0.15) is 10.1 Å². The number of anilines is 1. The van der Waals surface area contributed by atoms with Crippen LogP contribution in [0.1, 0.15) is 35.2 Å². The quantitative estimate of drug-likeness (QED) is 0.769. The van der Waals surface area contributed by atoms with Gasteiger partial charge in [0.1, 0.15) is 12.4 Å². The average molecular weight is 349 g/mol. The lowest BCUT2D eigenvalue weighted by Crippen LogP contribution is -2.33. The zero-order valence-corrected chi connectivity index (χ0v) is 14.1. The van der Waals surface area contributed by atoms with Gasteiger partial charge in [0.25, 0.3) is 0 Å². The van der Waals surface area contributed by atoms with Crippen molar-refractivity contribution in [3.8, 4) is 0 Å². The molecule has 3 aromatic heterocycles. The standard InChI is InChI=1S/C18H15N5OS/c24-14-8-12(15-4-2-6-25-15)7-13-16(14)17(11-3-1-5-19-9-11)23-18(22-13)20-10-21-23/h1-6,9-10,12,17H,7-8H2,(H,20,21,22)/t12-,17-/m1/s1. The van der Waals surface area contributed by atoms with Crippen LogP contribution < -0.4 is 5.32 Å². The van der Waals surface area contributed by atoms with Gasteiger partial charge in [0.15, 0.2) is 5.78 Å². The highest BCUT2D eigenvalue weighted by Crippen LogP contribution is 2.44. The number of hydrogen-bond donors (Lipinski definition) is 1. The summed E-state index contributed by atoms with van der Waals surface area (Å²) in [7, 11) is 0.